The van der Waals surface area contributed by atoms with Crippen LogP contribution in [0.1, 0.15) is 30.3 Å². The average Bonchev–Trinajstić information content (AvgIpc) is 2.92. The van der Waals surface area contributed by atoms with E-state index in [1.807, 2.05) is 18.4 Å². The summed E-state index contributed by atoms with van der Waals surface area (Å²) in [6, 6.07) is 1.96. The van der Waals surface area contributed by atoms with E-state index in [0.717, 1.165) is 42.0 Å². The number of anilines is 2. The van der Waals surface area contributed by atoms with E-state index >= 15 is 0 Å². The zero-order valence-corrected chi connectivity index (χ0v) is 11.7. The summed E-state index contributed by atoms with van der Waals surface area (Å²) >= 11 is 1.57. The Morgan fingerprint density at radius 2 is 2.37 bits per heavy atom. The van der Waals surface area contributed by atoms with Gasteiger partial charge in [-0.1, -0.05) is 0 Å². The van der Waals surface area contributed by atoms with E-state index in [4.69, 9.17) is 0 Å². The predicted octanol–water partition coefficient (Wildman–Crippen LogP) is 2.45. The van der Waals surface area contributed by atoms with Crippen molar-refractivity contribution in [2.24, 2.45) is 0 Å². The van der Waals surface area contributed by atoms with Gasteiger partial charge in [0, 0.05) is 35.8 Å². The molecule has 0 radical (unpaired) electrons. The molecule has 1 unspecified atom stereocenters. The van der Waals surface area contributed by atoms with Crippen molar-refractivity contribution in [3.05, 3.63) is 29.2 Å². The lowest BCUT2D eigenvalue weighted by Gasteiger charge is -2.22. The van der Waals surface area contributed by atoms with Gasteiger partial charge >= 0.3 is 0 Å². The Labute approximate surface area is 116 Å². The Balaban J connectivity index is 1.82. The van der Waals surface area contributed by atoms with Crippen LogP contribution in [0.2, 0.25) is 0 Å². The third kappa shape index (κ3) is 3.08. The summed E-state index contributed by atoms with van der Waals surface area (Å²) in [5.74, 6) is 2.19. The predicted molar refractivity (Wildman–Crippen MR) is 77.0 cm³/mol. The maximum atomic E-state index is 4.64. The molecule has 2 N–H and O–H groups in total. The minimum atomic E-state index is 0.422. The van der Waals surface area contributed by atoms with Crippen molar-refractivity contribution in [1.82, 2.24) is 20.3 Å². The first-order valence-corrected chi connectivity index (χ1v) is 7.42. The fourth-order valence-corrected chi connectivity index (χ4v) is 2.84. The van der Waals surface area contributed by atoms with Crippen molar-refractivity contribution < 1.29 is 0 Å². The number of thiazole rings is 1. The average molecular weight is 275 g/mol. The number of nitrogens with one attached hydrogen (secondary N) is 2. The second-order valence-corrected chi connectivity index (χ2v) is 5.65. The molecule has 0 aliphatic carbocycles. The molecular formula is C13H17N5S. The molecule has 2 aromatic heterocycles. The van der Waals surface area contributed by atoms with E-state index in [1.54, 1.807) is 17.5 Å². The molecule has 1 aliphatic heterocycles. The molecule has 0 saturated carbocycles. The summed E-state index contributed by atoms with van der Waals surface area (Å²) in [5.41, 5.74) is 0.995. The molecule has 6 heteroatoms. The molecule has 0 aromatic carbocycles. The van der Waals surface area contributed by atoms with Gasteiger partial charge in [-0.3, -0.25) is 0 Å². The van der Waals surface area contributed by atoms with Crippen LogP contribution in [0.4, 0.5) is 10.9 Å². The maximum absolute atomic E-state index is 4.64. The van der Waals surface area contributed by atoms with Crippen LogP contribution in [-0.4, -0.2) is 28.0 Å². The third-order valence-corrected chi connectivity index (χ3v) is 3.89. The van der Waals surface area contributed by atoms with Gasteiger partial charge in [0.25, 0.3) is 0 Å². The topological polar surface area (TPSA) is 62.7 Å². The summed E-state index contributed by atoms with van der Waals surface area (Å²) in [5, 5.41) is 9.46. The standard InChI is InChI=1S/C13H17N5S/c1-9-7-11(18-13-15-5-6-19-13)17-12(16-9)10-3-2-4-14-8-10/h5-7,10,14H,2-4,8H2,1H3,(H,15,16,17,18). The minimum absolute atomic E-state index is 0.422. The van der Waals surface area contributed by atoms with Crippen LogP contribution in [0, 0.1) is 6.92 Å². The molecule has 1 aliphatic rings. The minimum Gasteiger partial charge on any atom is -0.316 e. The highest BCUT2D eigenvalue weighted by molar-refractivity contribution is 7.13. The molecule has 2 aromatic rings. The number of hydrogen-bond acceptors (Lipinski definition) is 6. The smallest absolute Gasteiger partial charge is 0.188 e. The fourth-order valence-electron chi connectivity index (χ4n) is 2.31. The molecule has 0 bridgehead atoms. The highest BCUT2D eigenvalue weighted by Gasteiger charge is 2.18. The van der Waals surface area contributed by atoms with Crippen molar-refractivity contribution in [3.63, 3.8) is 0 Å². The molecular weight excluding hydrogens is 258 g/mol. The Bertz CT molecular complexity index is 534. The quantitative estimate of drug-likeness (QED) is 0.901. The summed E-state index contributed by atoms with van der Waals surface area (Å²) in [6.07, 6.45) is 4.14. The Morgan fingerprint density at radius 3 is 3.11 bits per heavy atom. The van der Waals surface area contributed by atoms with Gasteiger partial charge in [-0.2, -0.15) is 0 Å². The maximum Gasteiger partial charge on any atom is 0.188 e. The van der Waals surface area contributed by atoms with Crippen LogP contribution in [0.3, 0.4) is 0 Å². The summed E-state index contributed by atoms with van der Waals surface area (Å²) in [7, 11) is 0. The second kappa shape index (κ2) is 5.63. The van der Waals surface area contributed by atoms with Crippen LogP contribution in [0.25, 0.3) is 0 Å². The normalized spacial score (nSPS) is 19.3. The van der Waals surface area contributed by atoms with Crippen LogP contribution < -0.4 is 10.6 Å². The molecule has 0 amide bonds. The van der Waals surface area contributed by atoms with Crippen LogP contribution in [-0.2, 0) is 0 Å². The summed E-state index contributed by atoms with van der Waals surface area (Å²) in [6.45, 7) is 4.08. The van der Waals surface area contributed by atoms with Gasteiger partial charge in [0.05, 0.1) is 0 Å². The van der Waals surface area contributed by atoms with E-state index in [0.29, 0.717) is 5.92 Å². The monoisotopic (exact) mass is 275 g/mol. The van der Waals surface area contributed by atoms with Gasteiger partial charge in [0.1, 0.15) is 11.6 Å². The van der Waals surface area contributed by atoms with E-state index in [2.05, 4.69) is 25.6 Å². The Kier molecular flexibility index (Phi) is 3.70. The van der Waals surface area contributed by atoms with Crippen molar-refractivity contribution in [2.45, 2.75) is 25.7 Å². The lowest BCUT2D eigenvalue weighted by atomic mass is 9.99. The highest BCUT2D eigenvalue weighted by atomic mass is 32.1. The SMILES string of the molecule is Cc1cc(Nc2nccs2)nc(C2CCCNC2)n1. The van der Waals surface area contributed by atoms with Crippen LogP contribution in [0.5, 0.6) is 0 Å². The molecule has 19 heavy (non-hydrogen) atoms. The Morgan fingerprint density at radius 1 is 1.42 bits per heavy atom. The number of aryl methyl sites for hydroxylation is 1. The number of hydrogen-bond donors (Lipinski definition) is 2. The van der Waals surface area contributed by atoms with E-state index in [-0.39, 0.29) is 0 Å². The van der Waals surface area contributed by atoms with Crippen molar-refractivity contribution in [1.29, 1.82) is 0 Å². The zero-order chi connectivity index (χ0) is 13.1. The van der Waals surface area contributed by atoms with Crippen molar-refractivity contribution in [3.8, 4) is 0 Å². The number of nitrogens with zero attached hydrogens (tertiary/aromatic N) is 3. The van der Waals surface area contributed by atoms with Gasteiger partial charge in [0.15, 0.2) is 5.13 Å². The van der Waals surface area contributed by atoms with Gasteiger partial charge in [-0.15, -0.1) is 11.3 Å². The third-order valence-electron chi connectivity index (χ3n) is 3.20. The number of piperidine rings is 1. The summed E-state index contributed by atoms with van der Waals surface area (Å²) < 4.78 is 0. The summed E-state index contributed by atoms with van der Waals surface area (Å²) in [4.78, 5) is 13.4. The molecule has 100 valence electrons. The Hall–Kier alpha value is -1.53. The molecule has 3 heterocycles. The molecule has 1 saturated heterocycles. The molecule has 0 spiro atoms. The van der Waals surface area contributed by atoms with Gasteiger partial charge in [-0.25, -0.2) is 15.0 Å². The first-order chi connectivity index (χ1) is 9.31. The molecule has 5 nitrogen and oxygen atoms in total. The first kappa shape index (κ1) is 12.5. The van der Waals surface area contributed by atoms with Gasteiger partial charge < -0.3 is 10.6 Å². The van der Waals surface area contributed by atoms with E-state index in [1.165, 1.54) is 6.42 Å². The lowest BCUT2D eigenvalue weighted by molar-refractivity contribution is 0.446. The van der Waals surface area contributed by atoms with Crippen LogP contribution in [0.15, 0.2) is 17.6 Å². The molecule has 1 atom stereocenters. The highest BCUT2D eigenvalue weighted by Crippen LogP contribution is 2.23. The van der Waals surface area contributed by atoms with E-state index < -0.39 is 0 Å². The van der Waals surface area contributed by atoms with Crippen molar-refractivity contribution >= 4 is 22.3 Å². The largest absolute Gasteiger partial charge is 0.316 e. The lowest BCUT2D eigenvalue weighted by Crippen LogP contribution is -2.29. The van der Waals surface area contributed by atoms with Gasteiger partial charge in [0.2, 0.25) is 0 Å². The second-order valence-electron chi connectivity index (χ2n) is 4.76. The number of rotatable bonds is 3. The zero-order valence-electron chi connectivity index (χ0n) is 10.9. The van der Waals surface area contributed by atoms with E-state index in [9.17, 15) is 0 Å². The molecule has 1 fully saturated rings. The van der Waals surface area contributed by atoms with Crippen molar-refractivity contribution in [2.75, 3.05) is 18.4 Å². The first-order valence-electron chi connectivity index (χ1n) is 6.54. The fraction of sp³-hybridized carbons (Fsp3) is 0.462. The van der Waals surface area contributed by atoms with Gasteiger partial charge in [-0.05, 0) is 26.3 Å². The number of aromatic nitrogens is 3. The van der Waals surface area contributed by atoms with Crippen LogP contribution >= 0.6 is 11.3 Å². The molecule has 3 rings (SSSR count).